The molecule has 1 atom stereocenters. The summed E-state index contributed by atoms with van der Waals surface area (Å²) >= 11 is 0. The summed E-state index contributed by atoms with van der Waals surface area (Å²) in [6.45, 7) is 0.189. The number of methoxy groups -OCH3 is 1. The van der Waals surface area contributed by atoms with Crippen molar-refractivity contribution >= 4 is 0 Å². The van der Waals surface area contributed by atoms with Crippen LogP contribution in [0.1, 0.15) is 11.7 Å². The number of nitrogens with zero attached hydrogens (tertiary/aromatic N) is 1. The number of hydrogen-bond acceptors (Lipinski definition) is 4. The topological polar surface area (TPSA) is 68.4 Å². The molecule has 0 saturated carbocycles. The first kappa shape index (κ1) is 8.96. The van der Waals surface area contributed by atoms with E-state index in [4.69, 9.17) is 10.5 Å². The molecule has 0 radical (unpaired) electrons. The highest BCUT2D eigenvalue weighted by molar-refractivity contribution is 5.25. The Morgan fingerprint density at radius 1 is 1.67 bits per heavy atom. The van der Waals surface area contributed by atoms with Crippen molar-refractivity contribution in [2.24, 2.45) is 5.73 Å². The zero-order valence-electron chi connectivity index (χ0n) is 6.90. The van der Waals surface area contributed by atoms with Gasteiger partial charge in [-0.25, -0.2) is 0 Å². The first-order chi connectivity index (χ1) is 5.77. The van der Waals surface area contributed by atoms with Crippen LogP contribution >= 0.6 is 0 Å². The average molecular weight is 168 g/mol. The third-order valence-electron chi connectivity index (χ3n) is 1.58. The number of pyridine rings is 1. The van der Waals surface area contributed by atoms with Crippen LogP contribution in [0, 0.1) is 0 Å². The zero-order valence-corrected chi connectivity index (χ0v) is 6.90. The van der Waals surface area contributed by atoms with E-state index in [0.29, 0.717) is 11.3 Å². The quantitative estimate of drug-likeness (QED) is 0.670. The summed E-state index contributed by atoms with van der Waals surface area (Å²) in [4.78, 5) is 3.88. The second-order valence-electron chi connectivity index (χ2n) is 2.41. The van der Waals surface area contributed by atoms with E-state index < -0.39 is 6.10 Å². The van der Waals surface area contributed by atoms with Gasteiger partial charge in [0.15, 0.2) is 0 Å². The molecule has 0 spiro atoms. The van der Waals surface area contributed by atoms with Crippen molar-refractivity contribution in [2.45, 2.75) is 6.10 Å². The lowest BCUT2D eigenvalue weighted by atomic mass is 10.1. The van der Waals surface area contributed by atoms with Crippen molar-refractivity contribution in [1.29, 1.82) is 0 Å². The third kappa shape index (κ3) is 1.93. The van der Waals surface area contributed by atoms with E-state index in [1.807, 2.05) is 0 Å². The molecule has 1 rings (SSSR count). The number of hydrogen-bond donors (Lipinski definition) is 2. The van der Waals surface area contributed by atoms with E-state index >= 15 is 0 Å². The molecule has 0 aromatic carbocycles. The Balaban J connectivity index is 2.86. The predicted octanol–water partition coefficient (Wildman–Crippen LogP) is 0.0823. The summed E-state index contributed by atoms with van der Waals surface area (Å²) in [5, 5.41) is 9.33. The van der Waals surface area contributed by atoms with Gasteiger partial charge in [0, 0.05) is 18.3 Å². The van der Waals surface area contributed by atoms with Gasteiger partial charge in [-0.2, -0.15) is 0 Å². The van der Waals surface area contributed by atoms with Gasteiger partial charge in [0.05, 0.1) is 19.4 Å². The van der Waals surface area contributed by atoms with Crippen molar-refractivity contribution in [1.82, 2.24) is 4.98 Å². The monoisotopic (exact) mass is 168 g/mol. The molecule has 0 unspecified atom stereocenters. The Bertz CT molecular complexity index is 253. The molecule has 0 saturated heterocycles. The first-order valence-corrected chi connectivity index (χ1v) is 3.65. The van der Waals surface area contributed by atoms with E-state index in [0.717, 1.165) is 0 Å². The second-order valence-corrected chi connectivity index (χ2v) is 2.41. The second kappa shape index (κ2) is 4.04. The lowest BCUT2D eigenvalue weighted by Crippen LogP contribution is -2.11. The van der Waals surface area contributed by atoms with Gasteiger partial charge >= 0.3 is 0 Å². The van der Waals surface area contributed by atoms with Crippen LogP contribution in [0.25, 0.3) is 0 Å². The minimum absolute atomic E-state index is 0.189. The largest absolute Gasteiger partial charge is 0.495 e. The van der Waals surface area contributed by atoms with E-state index in [9.17, 15) is 5.11 Å². The molecule has 1 aromatic rings. The number of ether oxygens (including phenoxy) is 1. The van der Waals surface area contributed by atoms with Crippen molar-refractivity contribution in [2.75, 3.05) is 13.7 Å². The molecule has 0 aliphatic heterocycles. The van der Waals surface area contributed by atoms with Gasteiger partial charge in [0.1, 0.15) is 5.75 Å². The number of aliphatic hydroxyl groups is 1. The Kier molecular flexibility index (Phi) is 3.01. The highest BCUT2D eigenvalue weighted by Crippen LogP contribution is 2.15. The zero-order chi connectivity index (χ0) is 8.97. The summed E-state index contributed by atoms with van der Waals surface area (Å²) < 4.78 is 4.94. The molecule has 66 valence electrons. The molecule has 1 aromatic heterocycles. The molecular weight excluding hydrogens is 156 g/mol. The third-order valence-corrected chi connectivity index (χ3v) is 1.58. The normalized spacial score (nSPS) is 12.6. The molecule has 0 aliphatic carbocycles. The fourth-order valence-corrected chi connectivity index (χ4v) is 0.866. The smallest absolute Gasteiger partial charge is 0.137 e. The van der Waals surface area contributed by atoms with Crippen LogP contribution in [0.3, 0.4) is 0 Å². The molecule has 4 heteroatoms. The van der Waals surface area contributed by atoms with Gasteiger partial charge in [0.2, 0.25) is 0 Å². The van der Waals surface area contributed by atoms with Crippen molar-refractivity contribution in [3.05, 3.63) is 24.0 Å². The fourth-order valence-electron chi connectivity index (χ4n) is 0.866. The molecule has 0 fully saturated rings. The summed E-state index contributed by atoms with van der Waals surface area (Å²) in [7, 11) is 1.55. The maximum Gasteiger partial charge on any atom is 0.137 e. The van der Waals surface area contributed by atoms with Crippen LogP contribution in [-0.4, -0.2) is 23.7 Å². The lowest BCUT2D eigenvalue weighted by Gasteiger charge is -2.08. The highest BCUT2D eigenvalue weighted by atomic mass is 16.5. The van der Waals surface area contributed by atoms with E-state index in [2.05, 4.69) is 4.98 Å². The van der Waals surface area contributed by atoms with Crippen LogP contribution in [0.4, 0.5) is 0 Å². The summed E-state index contributed by atoms with van der Waals surface area (Å²) in [6, 6.07) is 1.71. The van der Waals surface area contributed by atoms with E-state index in [-0.39, 0.29) is 6.54 Å². The molecule has 1 heterocycles. The van der Waals surface area contributed by atoms with Crippen LogP contribution in [0.2, 0.25) is 0 Å². The van der Waals surface area contributed by atoms with Crippen molar-refractivity contribution in [3.8, 4) is 5.75 Å². The van der Waals surface area contributed by atoms with Gasteiger partial charge in [0.25, 0.3) is 0 Å². The van der Waals surface area contributed by atoms with Crippen LogP contribution < -0.4 is 10.5 Å². The van der Waals surface area contributed by atoms with E-state index in [1.54, 1.807) is 25.6 Å². The Hall–Kier alpha value is -1.13. The molecule has 3 N–H and O–H groups in total. The van der Waals surface area contributed by atoms with E-state index in [1.165, 1.54) is 0 Å². The molecule has 12 heavy (non-hydrogen) atoms. The minimum atomic E-state index is -0.660. The number of rotatable bonds is 3. The summed E-state index contributed by atoms with van der Waals surface area (Å²) in [6.07, 6.45) is 2.49. The number of nitrogens with two attached hydrogens (primary N) is 1. The maximum atomic E-state index is 9.33. The van der Waals surface area contributed by atoms with Crippen molar-refractivity contribution < 1.29 is 9.84 Å². The number of aromatic nitrogens is 1. The number of aliphatic hydroxyl groups excluding tert-OH is 1. The Morgan fingerprint density at radius 2 is 2.42 bits per heavy atom. The predicted molar refractivity (Wildman–Crippen MR) is 44.8 cm³/mol. The van der Waals surface area contributed by atoms with Crippen LogP contribution in [0.5, 0.6) is 5.75 Å². The van der Waals surface area contributed by atoms with Crippen LogP contribution in [0.15, 0.2) is 18.5 Å². The Labute approximate surface area is 71.0 Å². The molecule has 0 bridgehead atoms. The molecule has 4 nitrogen and oxygen atoms in total. The minimum Gasteiger partial charge on any atom is -0.495 e. The highest BCUT2D eigenvalue weighted by Gasteiger charge is 2.05. The maximum absolute atomic E-state index is 9.33. The SMILES string of the molecule is COc1cncc([C@@H](O)CN)c1. The summed E-state index contributed by atoms with van der Waals surface area (Å²) in [5.74, 6) is 0.625. The lowest BCUT2D eigenvalue weighted by molar-refractivity contribution is 0.186. The van der Waals surface area contributed by atoms with Crippen LogP contribution in [-0.2, 0) is 0 Å². The standard InChI is InChI=1S/C8H12N2O2/c1-12-7-2-6(4-10-5-7)8(11)3-9/h2,4-5,8,11H,3,9H2,1H3/t8-/m0/s1. The van der Waals surface area contributed by atoms with Gasteiger partial charge in [-0.3, -0.25) is 4.98 Å². The molecule has 0 amide bonds. The fraction of sp³-hybridized carbons (Fsp3) is 0.375. The molecule has 0 aliphatic rings. The van der Waals surface area contributed by atoms with Gasteiger partial charge in [-0.15, -0.1) is 0 Å². The van der Waals surface area contributed by atoms with Gasteiger partial charge in [-0.1, -0.05) is 0 Å². The van der Waals surface area contributed by atoms with Gasteiger partial charge in [-0.05, 0) is 6.07 Å². The van der Waals surface area contributed by atoms with Gasteiger partial charge < -0.3 is 15.6 Å². The molecular formula is C8H12N2O2. The Morgan fingerprint density at radius 3 is 3.00 bits per heavy atom. The first-order valence-electron chi connectivity index (χ1n) is 3.65. The summed E-state index contributed by atoms with van der Waals surface area (Å²) in [5.41, 5.74) is 5.95. The average Bonchev–Trinajstić information content (AvgIpc) is 2.17. The van der Waals surface area contributed by atoms with Crippen molar-refractivity contribution in [3.63, 3.8) is 0 Å².